The highest BCUT2D eigenvalue weighted by Crippen LogP contribution is 2.45. The Morgan fingerprint density at radius 2 is 2.26 bits per heavy atom. The van der Waals surface area contributed by atoms with Gasteiger partial charge in [0.15, 0.2) is 10.8 Å². The molecule has 1 fully saturated rings. The molecule has 1 saturated heterocycles. The summed E-state index contributed by atoms with van der Waals surface area (Å²) in [5.41, 5.74) is 0.163. The fourth-order valence-corrected chi connectivity index (χ4v) is 3.64. The minimum absolute atomic E-state index is 0.0700. The number of Topliss-reactive ketones (excluding diaryl/α,β-unsaturated/α-hetero) is 1. The normalized spacial score (nSPS) is 31.6. The highest BCUT2D eigenvalue weighted by atomic mass is 79.9. The summed E-state index contributed by atoms with van der Waals surface area (Å²) in [6.07, 6.45) is 0. The zero-order chi connectivity index (χ0) is 13.8. The van der Waals surface area contributed by atoms with Gasteiger partial charge in [-0.1, -0.05) is 15.9 Å². The second-order valence-corrected chi connectivity index (χ2v) is 6.38. The Bertz CT molecular complexity index is 592. The predicted molar refractivity (Wildman–Crippen MR) is 79.0 cm³/mol. The maximum Gasteiger partial charge on any atom is 0.191 e. The lowest BCUT2D eigenvalue weighted by molar-refractivity contribution is -0.133. The van der Waals surface area contributed by atoms with E-state index in [0.717, 1.165) is 15.8 Å². The molecule has 2 bridgehead atoms. The number of ether oxygens (including phenoxy) is 1. The van der Waals surface area contributed by atoms with Gasteiger partial charge in [-0.15, -0.1) is 0 Å². The van der Waals surface area contributed by atoms with E-state index >= 15 is 0 Å². The van der Waals surface area contributed by atoms with Crippen molar-refractivity contribution in [3.05, 3.63) is 28.2 Å². The van der Waals surface area contributed by atoms with Gasteiger partial charge in [0.1, 0.15) is 17.5 Å². The number of hydrogen-bond acceptors (Lipinski definition) is 3. The monoisotopic (exact) mass is 340 g/mol. The van der Waals surface area contributed by atoms with E-state index in [1.54, 1.807) is 6.92 Å². The zero-order valence-corrected chi connectivity index (χ0v) is 12.9. The van der Waals surface area contributed by atoms with E-state index in [2.05, 4.69) is 26.6 Å². The Balaban J connectivity index is 2.18. The molecule has 1 aromatic rings. The summed E-state index contributed by atoms with van der Waals surface area (Å²) in [7, 11) is 0. The lowest BCUT2D eigenvalue weighted by atomic mass is 9.78. The van der Waals surface area contributed by atoms with E-state index in [1.165, 1.54) is 0 Å². The summed E-state index contributed by atoms with van der Waals surface area (Å²) in [5.74, 6) is 0.525. The second-order valence-electron chi connectivity index (χ2n) is 5.06. The quantitative estimate of drug-likeness (QED) is 0.768. The molecule has 0 amide bonds. The fourth-order valence-electron chi connectivity index (χ4n) is 2.93. The Kier molecular flexibility index (Phi) is 2.83. The lowest BCUT2D eigenvalue weighted by Crippen LogP contribution is -2.69. The Labute approximate surface area is 125 Å². The second kappa shape index (κ2) is 4.18. The summed E-state index contributed by atoms with van der Waals surface area (Å²) in [6, 6.07) is 5.64. The number of halogens is 1. The highest BCUT2D eigenvalue weighted by molar-refractivity contribution is 9.10. The molecular weight excluding hydrogens is 328 g/mol. The molecule has 0 spiro atoms. The summed E-state index contributed by atoms with van der Waals surface area (Å²) in [6.45, 7) is 3.45. The highest BCUT2D eigenvalue weighted by Gasteiger charge is 2.53. The smallest absolute Gasteiger partial charge is 0.191 e. The number of carbonyl (C=O) groups is 1. The van der Waals surface area contributed by atoms with E-state index in [1.807, 2.05) is 25.1 Å². The first-order valence-electron chi connectivity index (χ1n) is 5.98. The van der Waals surface area contributed by atoms with Crippen LogP contribution in [-0.2, 0) is 4.79 Å². The number of fused-ring (bicyclic) bond motifs is 4. The van der Waals surface area contributed by atoms with Crippen LogP contribution < -0.4 is 15.4 Å². The maximum absolute atomic E-state index is 12.0. The first-order valence-corrected chi connectivity index (χ1v) is 7.18. The van der Waals surface area contributed by atoms with Gasteiger partial charge in [-0.25, -0.2) is 0 Å². The number of thiocarbonyl (C=S) groups is 1. The molecule has 2 aliphatic rings. The predicted octanol–water partition coefficient (Wildman–Crippen LogP) is 2.28. The Hall–Kier alpha value is -1.14. The number of ketones is 1. The van der Waals surface area contributed by atoms with Gasteiger partial charge in [-0.2, -0.15) is 0 Å². The molecule has 3 rings (SSSR count). The summed E-state index contributed by atoms with van der Waals surface area (Å²) in [4.78, 5) is 12.0. The molecule has 3 unspecified atom stereocenters. The molecule has 1 aromatic carbocycles. The van der Waals surface area contributed by atoms with Gasteiger partial charge in [0.25, 0.3) is 0 Å². The van der Waals surface area contributed by atoms with Gasteiger partial charge < -0.3 is 15.4 Å². The number of carbonyl (C=O) groups excluding carboxylic acids is 1. The first kappa shape index (κ1) is 12.9. The van der Waals surface area contributed by atoms with Crippen molar-refractivity contribution in [2.45, 2.75) is 25.6 Å². The van der Waals surface area contributed by atoms with Crippen LogP contribution in [0.3, 0.4) is 0 Å². The van der Waals surface area contributed by atoms with Crippen LogP contribution in [0.2, 0.25) is 0 Å². The third-order valence-electron chi connectivity index (χ3n) is 3.64. The van der Waals surface area contributed by atoms with E-state index in [4.69, 9.17) is 17.0 Å². The van der Waals surface area contributed by atoms with Gasteiger partial charge in [-0.05, 0) is 44.3 Å². The molecular formula is C13H13BrN2O2S. The molecule has 19 heavy (non-hydrogen) atoms. The standard InChI is InChI=1S/C13H13BrN2O2S/c1-6(17)10-11-8-5-7(14)3-4-9(8)18-13(10,2)16-12(19)15-11/h3-5,10-11H,1-2H3,(H2,15,16,19). The molecule has 3 atom stereocenters. The van der Waals surface area contributed by atoms with Crippen LogP contribution in [0.5, 0.6) is 5.75 Å². The summed E-state index contributed by atoms with van der Waals surface area (Å²) >= 11 is 8.66. The fraction of sp³-hybridized carbons (Fsp3) is 0.385. The molecule has 6 heteroatoms. The largest absolute Gasteiger partial charge is 0.467 e. The van der Waals surface area contributed by atoms with Gasteiger partial charge in [0, 0.05) is 10.0 Å². The van der Waals surface area contributed by atoms with Crippen molar-refractivity contribution in [3.63, 3.8) is 0 Å². The van der Waals surface area contributed by atoms with Crippen molar-refractivity contribution in [1.29, 1.82) is 0 Å². The number of hydrogen-bond donors (Lipinski definition) is 2. The van der Waals surface area contributed by atoms with Gasteiger partial charge >= 0.3 is 0 Å². The van der Waals surface area contributed by atoms with E-state index in [0.29, 0.717) is 5.11 Å². The van der Waals surface area contributed by atoms with Gasteiger partial charge in [-0.3, -0.25) is 4.79 Å². The zero-order valence-electron chi connectivity index (χ0n) is 10.5. The van der Waals surface area contributed by atoms with Crippen LogP contribution in [0.1, 0.15) is 25.5 Å². The molecule has 0 saturated carbocycles. The van der Waals surface area contributed by atoms with Crippen LogP contribution in [0, 0.1) is 5.92 Å². The van der Waals surface area contributed by atoms with Crippen molar-refractivity contribution in [3.8, 4) is 5.75 Å². The Morgan fingerprint density at radius 1 is 1.53 bits per heavy atom. The molecule has 2 aliphatic heterocycles. The minimum Gasteiger partial charge on any atom is -0.467 e. The van der Waals surface area contributed by atoms with Crippen LogP contribution in [0.15, 0.2) is 22.7 Å². The first-order chi connectivity index (χ1) is 8.90. The van der Waals surface area contributed by atoms with Gasteiger partial charge in [0.2, 0.25) is 0 Å². The molecule has 2 heterocycles. The van der Waals surface area contributed by atoms with Crippen molar-refractivity contribution < 1.29 is 9.53 Å². The van der Waals surface area contributed by atoms with Crippen LogP contribution in [0.4, 0.5) is 0 Å². The summed E-state index contributed by atoms with van der Waals surface area (Å²) < 4.78 is 6.96. The van der Waals surface area contributed by atoms with E-state index < -0.39 is 5.72 Å². The van der Waals surface area contributed by atoms with Crippen LogP contribution in [0.25, 0.3) is 0 Å². The van der Waals surface area contributed by atoms with Crippen LogP contribution >= 0.6 is 28.1 Å². The van der Waals surface area contributed by atoms with Crippen molar-refractivity contribution in [1.82, 2.24) is 10.6 Å². The molecule has 0 aliphatic carbocycles. The Morgan fingerprint density at radius 3 is 2.95 bits per heavy atom. The number of nitrogens with one attached hydrogen (secondary N) is 2. The van der Waals surface area contributed by atoms with Crippen LogP contribution in [-0.4, -0.2) is 16.6 Å². The maximum atomic E-state index is 12.0. The van der Waals surface area contributed by atoms with E-state index in [9.17, 15) is 4.79 Å². The minimum atomic E-state index is -0.792. The molecule has 100 valence electrons. The van der Waals surface area contributed by atoms with Crippen molar-refractivity contribution in [2.24, 2.45) is 5.92 Å². The molecule has 0 aromatic heterocycles. The van der Waals surface area contributed by atoms with E-state index in [-0.39, 0.29) is 17.7 Å². The molecule has 4 nitrogen and oxygen atoms in total. The average Bonchev–Trinajstić information content (AvgIpc) is 2.28. The molecule has 2 N–H and O–H groups in total. The van der Waals surface area contributed by atoms with Crippen molar-refractivity contribution >= 4 is 39.0 Å². The summed E-state index contributed by atoms with van der Waals surface area (Å²) in [5, 5.41) is 6.77. The lowest BCUT2D eigenvalue weighted by Gasteiger charge is -2.50. The molecule has 0 radical (unpaired) electrons. The van der Waals surface area contributed by atoms with Crippen molar-refractivity contribution in [2.75, 3.05) is 0 Å². The average molecular weight is 341 g/mol. The SMILES string of the molecule is CC(=O)C1C2NC(=S)NC1(C)Oc1ccc(Br)cc12. The third kappa shape index (κ3) is 1.94. The number of rotatable bonds is 1. The van der Waals surface area contributed by atoms with Gasteiger partial charge in [0.05, 0.1) is 6.04 Å². The number of benzene rings is 1. The topological polar surface area (TPSA) is 50.4 Å². The third-order valence-corrected chi connectivity index (χ3v) is 4.36.